The maximum absolute atomic E-state index is 9.48. The minimum absolute atomic E-state index is 0.0596. The smallest absolute Gasteiger partial charge is 0.123 e. The van der Waals surface area contributed by atoms with Crippen LogP contribution in [0.5, 0.6) is 11.5 Å². The highest BCUT2D eigenvalue weighted by Gasteiger charge is 2.09. The van der Waals surface area contributed by atoms with Crippen LogP contribution in [0.3, 0.4) is 0 Å². The van der Waals surface area contributed by atoms with Gasteiger partial charge in [0.1, 0.15) is 11.5 Å². The maximum Gasteiger partial charge on any atom is 0.123 e. The summed E-state index contributed by atoms with van der Waals surface area (Å²) in [4.78, 5) is 0. The zero-order valence-electron chi connectivity index (χ0n) is 7.91. The van der Waals surface area contributed by atoms with Crippen molar-refractivity contribution < 1.29 is 10.2 Å². The van der Waals surface area contributed by atoms with Crippen molar-refractivity contribution in [1.29, 1.82) is 0 Å². The monoisotopic (exact) mass is 181 g/mol. The van der Waals surface area contributed by atoms with Gasteiger partial charge in [0, 0.05) is 18.2 Å². The van der Waals surface area contributed by atoms with Gasteiger partial charge < -0.3 is 15.9 Å². The summed E-state index contributed by atoms with van der Waals surface area (Å²) in [5.41, 5.74) is 6.91. The first kappa shape index (κ1) is 9.86. The van der Waals surface area contributed by atoms with Gasteiger partial charge in [-0.2, -0.15) is 0 Å². The molecule has 0 aliphatic carbocycles. The van der Waals surface area contributed by atoms with E-state index >= 15 is 0 Å². The van der Waals surface area contributed by atoms with Crippen LogP contribution in [0.4, 0.5) is 0 Å². The number of phenolic OH excluding ortho intramolecular Hbond substituents is 2. The Morgan fingerprint density at radius 2 is 1.85 bits per heavy atom. The summed E-state index contributed by atoms with van der Waals surface area (Å²) in [6.45, 7) is 4.24. The minimum Gasteiger partial charge on any atom is -0.508 e. The van der Waals surface area contributed by atoms with Gasteiger partial charge in [0.25, 0.3) is 0 Å². The number of hydrogen-bond acceptors (Lipinski definition) is 3. The van der Waals surface area contributed by atoms with Crippen LogP contribution in [0.2, 0.25) is 0 Å². The van der Waals surface area contributed by atoms with Crippen LogP contribution in [0.15, 0.2) is 12.1 Å². The molecule has 1 rings (SSSR count). The standard InChI is InChI=1S/C10H15NO2/c1-6(2)8-3-7(5-11)9(12)4-10(8)13/h3-4,6,12-13H,5,11H2,1-2H3. The maximum atomic E-state index is 9.48. The van der Waals surface area contributed by atoms with Crippen LogP contribution < -0.4 is 5.73 Å². The fraction of sp³-hybridized carbons (Fsp3) is 0.400. The summed E-state index contributed by atoms with van der Waals surface area (Å²) in [5.74, 6) is 0.417. The quantitative estimate of drug-likeness (QED) is 0.650. The Labute approximate surface area is 77.8 Å². The molecule has 0 aromatic heterocycles. The summed E-state index contributed by atoms with van der Waals surface area (Å²) in [6.07, 6.45) is 0. The second-order valence-electron chi connectivity index (χ2n) is 3.40. The Balaban J connectivity index is 3.22. The summed E-state index contributed by atoms with van der Waals surface area (Å²) < 4.78 is 0. The fourth-order valence-electron chi connectivity index (χ4n) is 1.27. The van der Waals surface area contributed by atoms with Crippen molar-refractivity contribution in [3.05, 3.63) is 23.3 Å². The van der Waals surface area contributed by atoms with Crippen molar-refractivity contribution in [2.24, 2.45) is 5.73 Å². The van der Waals surface area contributed by atoms with Crippen molar-refractivity contribution in [3.8, 4) is 11.5 Å². The molecule has 3 heteroatoms. The molecule has 0 saturated carbocycles. The first-order valence-corrected chi connectivity index (χ1v) is 4.31. The second kappa shape index (κ2) is 3.66. The number of benzene rings is 1. The molecular formula is C10H15NO2. The van der Waals surface area contributed by atoms with Gasteiger partial charge in [-0.25, -0.2) is 0 Å². The highest BCUT2D eigenvalue weighted by atomic mass is 16.3. The van der Waals surface area contributed by atoms with E-state index in [9.17, 15) is 10.2 Å². The normalized spacial score (nSPS) is 10.8. The predicted molar refractivity (Wildman–Crippen MR) is 51.8 cm³/mol. The van der Waals surface area contributed by atoms with E-state index in [1.165, 1.54) is 6.07 Å². The van der Waals surface area contributed by atoms with Crippen molar-refractivity contribution >= 4 is 0 Å². The van der Waals surface area contributed by atoms with Crippen molar-refractivity contribution in [3.63, 3.8) is 0 Å². The molecular weight excluding hydrogens is 166 g/mol. The highest BCUT2D eigenvalue weighted by molar-refractivity contribution is 5.46. The molecule has 0 unspecified atom stereocenters. The number of rotatable bonds is 2. The summed E-state index contributed by atoms with van der Waals surface area (Å²) >= 11 is 0. The van der Waals surface area contributed by atoms with Crippen LogP contribution >= 0.6 is 0 Å². The molecule has 0 saturated heterocycles. The van der Waals surface area contributed by atoms with Crippen LogP contribution in [-0.4, -0.2) is 10.2 Å². The predicted octanol–water partition coefficient (Wildman–Crippen LogP) is 1.68. The van der Waals surface area contributed by atoms with Crippen molar-refractivity contribution in [2.75, 3.05) is 0 Å². The van der Waals surface area contributed by atoms with Gasteiger partial charge in [-0.3, -0.25) is 0 Å². The molecule has 0 fully saturated rings. The zero-order chi connectivity index (χ0) is 10.0. The molecule has 0 spiro atoms. The minimum atomic E-state index is 0.0596. The summed E-state index contributed by atoms with van der Waals surface area (Å²) in [7, 11) is 0. The third-order valence-electron chi connectivity index (χ3n) is 2.07. The molecule has 0 heterocycles. The Hall–Kier alpha value is -1.22. The molecule has 72 valence electrons. The van der Waals surface area contributed by atoms with Gasteiger partial charge in [0.15, 0.2) is 0 Å². The molecule has 1 aromatic rings. The van der Waals surface area contributed by atoms with Crippen LogP contribution in [0, 0.1) is 0 Å². The molecule has 0 amide bonds. The fourth-order valence-corrected chi connectivity index (χ4v) is 1.27. The Bertz CT molecular complexity index is 308. The Morgan fingerprint density at radius 3 is 2.31 bits per heavy atom. The lowest BCUT2D eigenvalue weighted by atomic mass is 9.99. The van der Waals surface area contributed by atoms with Crippen molar-refractivity contribution in [2.45, 2.75) is 26.3 Å². The van der Waals surface area contributed by atoms with Gasteiger partial charge in [-0.1, -0.05) is 13.8 Å². The Kier molecular flexibility index (Phi) is 2.78. The van der Waals surface area contributed by atoms with Crippen LogP contribution in [0.1, 0.15) is 30.9 Å². The van der Waals surface area contributed by atoms with Gasteiger partial charge in [0.05, 0.1) is 0 Å². The van der Waals surface area contributed by atoms with E-state index in [1.807, 2.05) is 13.8 Å². The molecule has 0 radical (unpaired) electrons. The topological polar surface area (TPSA) is 66.5 Å². The van der Waals surface area contributed by atoms with E-state index in [4.69, 9.17) is 5.73 Å². The van der Waals surface area contributed by atoms with Crippen molar-refractivity contribution in [1.82, 2.24) is 0 Å². The molecule has 13 heavy (non-hydrogen) atoms. The molecule has 0 bridgehead atoms. The number of phenols is 2. The second-order valence-corrected chi connectivity index (χ2v) is 3.40. The Morgan fingerprint density at radius 1 is 1.23 bits per heavy atom. The van der Waals surface area contributed by atoms with E-state index < -0.39 is 0 Å². The van der Waals surface area contributed by atoms with E-state index in [1.54, 1.807) is 6.07 Å². The first-order chi connectivity index (χ1) is 6.06. The molecule has 0 atom stereocenters. The zero-order valence-corrected chi connectivity index (χ0v) is 7.91. The molecule has 4 N–H and O–H groups in total. The van der Waals surface area contributed by atoms with E-state index in [-0.39, 0.29) is 24.0 Å². The van der Waals surface area contributed by atoms with Crippen LogP contribution in [-0.2, 0) is 6.54 Å². The summed E-state index contributed by atoms with van der Waals surface area (Å²) in [6, 6.07) is 3.09. The third kappa shape index (κ3) is 1.92. The van der Waals surface area contributed by atoms with E-state index in [0.717, 1.165) is 5.56 Å². The average Bonchev–Trinajstić information content (AvgIpc) is 2.03. The average molecular weight is 181 g/mol. The van der Waals surface area contributed by atoms with E-state index in [0.29, 0.717) is 5.56 Å². The number of aromatic hydroxyl groups is 2. The van der Waals surface area contributed by atoms with E-state index in [2.05, 4.69) is 0 Å². The number of nitrogens with two attached hydrogens (primary N) is 1. The molecule has 3 nitrogen and oxygen atoms in total. The summed E-state index contributed by atoms with van der Waals surface area (Å²) in [5, 5.41) is 18.8. The highest BCUT2D eigenvalue weighted by Crippen LogP contribution is 2.31. The first-order valence-electron chi connectivity index (χ1n) is 4.31. The lowest BCUT2D eigenvalue weighted by Crippen LogP contribution is -1.99. The molecule has 0 aliphatic rings. The largest absolute Gasteiger partial charge is 0.508 e. The lowest BCUT2D eigenvalue weighted by Gasteiger charge is -2.11. The van der Waals surface area contributed by atoms with Gasteiger partial charge >= 0.3 is 0 Å². The van der Waals surface area contributed by atoms with Gasteiger partial charge in [-0.15, -0.1) is 0 Å². The SMILES string of the molecule is CC(C)c1cc(CN)c(O)cc1O. The molecule has 0 aliphatic heterocycles. The van der Waals surface area contributed by atoms with Gasteiger partial charge in [0.2, 0.25) is 0 Å². The van der Waals surface area contributed by atoms with Crippen LogP contribution in [0.25, 0.3) is 0 Å². The third-order valence-corrected chi connectivity index (χ3v) is 2.07. The van der Waals surface area contributed by atoms with Gasteiger partial charge in [-0.05, 0) is 17.5 Å². The molecule has 1 aromatic carbocycles. The lowest BCUT2D eigenvalue weighted by molar-refractivity contribution is 0.440. The number of hydrogen-bond donors (Lipinski definition) is 3.